The van der Waals surface area contributed by atoms with Crippen molar-refractivity contribution in [1.29, 1.82) is 0 Å². The summed E-state index contributed by atoms with van der Waals surface area (Å²) >= 11 is 4.52. The Labute approximate surface area is 97.4 Å². The summed E-state index contributed by atoms with van der Waals surface area (Å²) in [5.41, 5.74) is 3.58. The van der Waals surface area contributed by atoms with Gasteiger partial charge in [0.1, 0.15) is 11.5 Å². The molecule has 1 aromatic carbocycles. The third-order valence-corrected chi connectivity index (χ3v) is 3.48. The maximum absolute atomic E-state index is 10.9. The van der Waals surface area contributed by atoms with Crippen molar-refractivity contribution in [2.75, 3.05) is 0 Å². The van der Waals surface area contributed by atoms with Crippen LogP contribution in [0.4, 0.5) is 0 Å². The first kappa shape index (κ1) is 11.2. The zero-order chi connectivity index (χ0) is 11.0. The van der Waals surface area contributed by atoms with Crippen LogP contribution in [0.5, 0.6) is 0 Å². The molecule has 0 heterocycles. The second-order valence-electron chi connectivity index (χ2n) is 3.80. The maximum Gasteiger partial charge on any atom is 0.132 e. The molecule has 0 bridgehead atoms. The Bertz CT molecular complexity index is 384. The van der Waals surface area contributed by atoms with Crippen LogP contribution >= 0.6 is 11.6 Å². The predicted molar refractivity (Wildman–Crippen MR) is 62.7 cm³/mol. The molecule has 2 atom stereocenters. The Morgan fingerprint density at radius 2 is 2.33 bits per heavy atom. The van der Waals surface area contributed by atoms with Crippen LogP contribution in [0.15, 0.2) is 12.1 Å². The van der Waals surface area contributed by atoms with Gasteiger partial charge in [-0.1, -0.05) is 11.6 Å². The molecule has 0 fully saturated rings. The SMILES string of the molecule is Cc1cc(Cl)cc2c1C(N[S+](N)[O-])CC2. The van der Waals surface area contributed by atoms with Crippen LogP contribution in [-0.2, 0) is 18.0 Å². The minimum atomic E-state index is -1.46. The molecule has 0 amide bonds. The van der Waals surface area contributed by atoms with E-state index in [1.54, 1.807) is 0 Å². The maximum atomic E-state index is 10.9. The minimum absolute atomic E-state index is 0.100. The van der Waals surface area contributed by atoms with E-state index >= 15 is 0 Å². The molecule has 2 rings (SSSR count). The fourth-order valence-corrected chi connectivity index (χ4v) is 3.04. The third-order valence-electron chi connectivity index (χ3n) is 2.75. The first-order valence-corrected chi connectivity index (χ1v) is 6.38. The van der Waals surface area contributed by atoms with E-state index in [1.807, 2.05) is 19.1 Å². The fourth-order valence-electron chi connectivity index (χ4n) is 2.23. The molecule has 0 saturated heterocycles. The normalized spacial score (nSPS) is 21.5. The number of halogens is 1. The quantitative estimate of drug-likeness (QED) is 0.780. The first-order valence-electron chi connectivity index (χ1n) is 4.79. The van der Waals surface area contributed by atoms with Crippen molar-refractivity contribution in [3.05, 3.63) is 33.8 Å². The number of fused-ring (bicyclic) bond motifs is 1. The summed E-state index contributed by atoms with van der Waals surface area (Å²) < 4.78 is 13.8. The Kier molecular flexibility index (Phi) is 3.23. The second kappa shape index (κ2) is 4.31. The number of nitrogens with one attached hydrogen (secondary N) is 1. The number of rotatable bonds is 2. The smallest absolute Gasteiger partial charge is 0.132 e. The van der Waals surface area contributed by atoms with E-state index < -0.39 is 11.5 Å². The van der Waals surface area contributed by atoms with Crippen molar-refractivity contribution < 1.29 is 4.55 Å². The van der Waals surface area contributed by atoms with Gasteiger partial charge in [0, 0.05) is 5.02 Å². The average molecular weight is 245 g/mol. The van der Waals surface area contributed by atoms with Crippen molar-refractivity contribution >= 4 is 23.1 Å². The van der Waals surface area contributed by atoms with E-state index in [0.717, 1.165) is 23.4 Å². The van der Waals surface area contributed by atoms with Gasteiger partial charge in [-0.05, 0) is 48.6 Å². The van der Waals surface area contributed by atoms with Crippen molar-refractivity contribution in [3.63, 3.8) is 0 Å². The van der Waals surface area contributed by atoms with Gasteiger partial charge in [0.2, 0.25) is 0 Å². The summed E-state index contributed by atoms with van der Waals surface area (Å²) in [5, 5.41) is 6.01. The second-order valence-corrected chi connectivity index (χ2v) is 5.07. The molecule has 3 nitrogen and oxygen atoms in total. The van der Waals surface area contributed by atoms with E-state index in [2.05, 4.69) is 4.72 Å². The van der Waals surface area contributed by atoms with E-state index in [9.17, 15) is 4.55 Å². The highest BCUT2D eigenvalue weighted by Crippen LogP contribution is 2.35. The molecule has 0 radical (unpaired) electrons. The summed E-state index contributed by atoms with van der Waals surface area (Å²) in [6, 6.07) is 4.01. The summed E-state index contributed by atoms with van der Waals surface area (Å²) in [4.78, 5) is 0. The molecule has 2 unspecified atom stereocenters. The summed E-state index contributed by atoms with van der Waals surface area (Å²) in [7, 11) is 0. The van der Waals surface area contributed by atoms with E-state index in [0.29, 0.717) is 0 Å². The number of nitrogens with two attached hydrogens (primary N) is 1. The molecule has 0 aromatic heterocycles. The summed E-state index contributed by atoms with van der Waals surface area (Å²) in [5.74, 6) is 0. The molecule has 0 saturated carbocycles. The lowest BCUT2D eigenvalue weighted by Crippen LogP contribution is -2.33. The van der Waals surface area contributed by atoms with E-state index in [-0.39, 0.29) is 6.04 Å². The molecular weight excluding hydrogens is 232 g/mol. The fraction of sp³-hybridized carbons (Fsp3) is 0.400. The Balaban J connectivity index is 2.33. The average Bonchev–Trinajstić information content (AvgIpc) is 2.46. The van der Waals surface area contributed by atoms with Gasteiger partial charge in [0.25, 0.3) is 0 Å². The molecule has 0 aliphatic heterocycles. The van der Waals surface area contributed by atoms with Crippen LogP contribution in [0, 0.1) is 6.92 Å². The van der Waals surface area contributed by atoms with Crippen molar-refractivity contribution in [1.82, 2.24) is 4.72 Å². The van der Waals surface area contributed by atoms with E-state index in [1.165, 1.54) is 11.1 Å². The van der Waals surface area contributed by atoms with Gasteiger partial charge in [-0.25, -0.2) is 0 Å². The van der Waals surface area contributed by atoms with Crippen molar-refractivity contribution in [2.24, 2.45) is 5.14 Å². The molecular formula is C10H13ClN2OS. The van der Waals surface area contributed by atoms with Gasteiger partial charge in [0.05, 0.1) is 6.04 Å². The third kappa shape index (κ3) is 2.29. The molecule has 0 spiro atoms. The van der Waals surface area contributed by atoms with Gasteiger partial charge in [0.15, 0.2) is 0 Å². The first-order chi connectivity index (χ1) is 7.08. The van der Waals surface area contributed by atoms with Crippen LogP contribution in [0.1, 0.15) is 29.2 Å². The molecule has 3 N–H and O–H groups in total. The standard InChI is InChI=1S/C10H13ClN2OS/c1-6-4-8(11)5-7-2-3-9(10(6)7)13-15(12)14/h4-5,9,13H,2-3,12H2,1H3. The highest BCUT2D eigenvalue weighted by molar-refractivity contribution is 7.87. The number of benzene rings is 1. The molecule has 1 aliphatic rings. The highest BCUT2D eigenvalue weighted by Gasteiger charge is 2.27. The monoisotopic (exact) mass is 244 g/mol. The molecule has 15 heavy (non-hydrogen) atoms. The van der Waals surface area contributed by atoms with Crippen LogP contribution in [0.25, 0.3) is 0 Å². The van der Waals surface area contributed by atoms with Crippen LogP contribution < -0.4 is 9.86 Å². The number of hydrogen-bond donors (Lipinski definition) is 2. The molecule has 1 aromatic rings. The Morgan fingerprint density at radius 3 is 3.00 bits per heavy atom. The van der Waals surface area contributed by atoms with Gasteiger partial charge < -0.3 is 4.55 Å². The topological polar surface area (TPSA) is 61.1 Å². The number of aryl methyl sites for hydroxylation is 2. The predicted octanol–water partition coefficient (Wildman–Crippen LogP) is 1.76. The van der Waals surface area contributed by atoms with E-state index in [4.69, 9.17) is 16.7 Å². The van der Waals surface area contributed by atoms with Gasteiger partial charge in [-0.15, -0.1) is 9.86 Å². The van der Waals surface area contributed by atoms with Gasteiger partial charge in [-0.3, -0.25) is 0 Å². The number of hydrogen-bond acceptors (Lipinski definition) is 3. The zero-order valence-corrected chi connectivity index (χ0v) is 9.99. The van der Waals surface area contributed by atoms with Crippen LogP contribution in [0.3, 0.4) is 0 Å². The largest absolute Gasteiger partial charge is 0.579 e. The van der Waals surface area contributed by atoms with Crippen molar-refractivity contribution in [2.45, 2.75) is 25.8 Å². The summed E-state index contributed by atoms with van der Waals surface area (Å²) in [6.45, 7) is 2.02. The molecule has 5 heteroatoms. The van der Waals surface area contributed by atoms with Gasteiger partial charge >= 0.3 is 0 Å². The highest BCUT2D eigenvalue weighted by atomic mass is 35.5. The Morgan fingerprint density at radius 1 is 1.60 bits per heavy atom. The lowest BCUT2D eigenvalue weighted by molar-refractivity contribution is 0.554. The van der Waals surface area contributed by atoms with Crippen LogP contribution in [0.2, 0.25) is 5.02 Å². The van der Waals surface area contributed by atoms with Gasteiger partial charge in [-0.2, -0.15) is 0 Å². The Hall–Kier alpha value is -0.260. The summed E-state index contributed by atoms with van der Waals surface area (Å²) in [6.07, 6.45) is 1.89. The molecule has 82 valence electrons. The molecule has 1 aliphatic carbocycles. The zero-order valence-electron chi connectivity index (χ0n) is 8.42. The van der Waals surface area contributed by atoms with Crippen LogP contribution in [-0.4, -0.2) is 4.55 Å². The lowest BCUT2D eigenvalue weighted by Gasteiger charge is -2.15. The van der Waals surface area contributed by atoms with Crippen molar-refractivity contribution in [3.8, 4) is 0 Å². The lowest BCUT2D eigenvalue weighted by atomic mass is 10.0. The minimum Gasteiger partial charge on any atom is -0.579 e.